The van der Waals surface area contributed by atoms with Gasteiger partial charge in [-0.05, 0) is 44.5 Å². The Hall–Kier alpha value is -1.10. The number of likely N-dealkylation sites (tertiary alicyclic amines) is 1. The maximum atomic E-state index is 12.6. The highest BCUT2D eigenvalue weighted by Gasteiger charge is 2.21. The Morgan fingerprint density at radius 2 is 2.17 bits per heavy atom. The molecule has 1 saturated heterocycles. The predicted molar refractivity (Wildman–Crippen MR) is 93.5 cm³/mol. The smallest absolute Gasteiger partial charge is 0.223 e. The number of amides is 1. The first-order chi connectivity index (χ1) is 11.1. The van der Waals surface area contributed by atoms with E-state index in [1.807, 2.05) is 24.3 Å². The van der Waals surface area contributed by atoms with Crippen molar-refractivity contribution in [1.82, 2.24) is 9.80 Å². The van der Waals surface area contributed by atoms with E-state index < -0.39 is 0 Å². The fourth-order valence-electron chi connectivity index (χ4n) is 3.20. The summed E-state index contributed by atoms with van der Waals surface area (Å²) in [4.78, 5) is 16.6. The van der Waals surface area contributed by atoms with Crippen molar-refractivity contribution in [3.05, 3.63) is 34.9 Å². The molecule has 1 heterocycles. The van der Waals surface area contributed by atoms with Gasteiger partial charge in [-0.25, -0.2) is 0 Å². The molecule has 1 amide bonds. The van der Waals surface area contributed by atoms with Crippen LogP contribution in [-0.2, 0) is 11.3 Å². The Morgan fingerprint density at radius 1 is 1.39 bits per heavy atom. The van der Waals surface area contributed by atoms with Crippen LogP contribution < -0.4 is 0 Å². The number of nitrogens with zero attached hydrogens (tertiary/aromatic N) is 2. The lowest BCUT2D eigenvalue weighted by atomic mass is 9.98. The minimum atomic E-state index is -0.0283. The second-order valence-corrected chi connectivity index (χ2v) is 6.71. The molecule has 0 radical (unpaired) electrons. The number of aliphatic hydroxyl groups excluding tert-OH is 1. The summed E-state index contributed by atoms with van der Waals surface area (Å²) in [5, 5.41) is 9.92. The normalized spacial score (nSPS) is 18.8. The molecule has 23 heavy (non-hydrogen) atoms. The van der Waals surface area contributed by atoms with Crippen LogP contribution in [-0.4, -0.2) is 53.6 Å². The first-order valence-corrected chi connectivity index (χ1v) is 8.82. The van der Waals surface area contributed by atoms with Gasteiger partial charge in [0.25, 0.3) is 0 Å². The first kappa shape index (κ1) is 18.2. The van der Waals surface area contributed by atoms with Crippen LogP contribution in [0.4, 0.5) is 0 Å². The zero-order valence-electron chi connectivity index (χ0n) is 13.9. The summed E-state index contributed by atoms with van der Waals surface area (Å²) in [5.41, 5.74) is 0.922. The lowest BCUT2D eigenvalue weighted by molar-refractivity contribution is -0.132. The van der Waals surface area contributed by atoms with E-state index in [1.165, 1.54) is 19.3 Å². The van der Waals surface area contributed by atoms with Crippen LogP contribution in [0.25, 0.3) is 0 Å². The Labute approximate surface area is 144 Å². The van der Waals surface area contributed by atoms with Gasteiger partial charge in [-0.3, -0.25) is 4.79 Å². The number of halogens is 1. The van der Waals surface area contributed by atoms with Gasteiger partial charge in [0.1, 0.15) is 0 Å². The van der Waals surface area contributed by atoms with E-state index in [2.05, 4.69) is 11.9 Å². The number of benzene rings is 1. The third-order valence-corrected chi connectivity index (χ3v) is 5.02. The summed E-state index contributed by atoms with van der Waals surface area (Å²) in [7, 11) is 2.14. The molecule has 0 aliphatic carbocycles. The van der Waals surface area contributed by atoms with Gasteiger partial charge < -0.3 is 14.9 Å². The average Bonchev–Trinajstić information content (AvgIpc) is 2.55. The van der Waals surface area contributed by atoms with Crippen molar-refractivity contribution in [3.8, 4) is 0 Å². The van der Waals surface area contributed by atoms with E-state index in [-0.39, 0.29) is 12.5 Å². The van der Waals surface area contributed by atoms with Crippen LogP contribution in [0.5, 0.6) is 0 Å². The van der Waals surface area contributed by atoms with Crippen LogP contribution in [0.1, 0.15) is 37.7 Å². The Balaban J connectivity index is 1.91. The highest BCUT2D eigenvalue weighted by molar-refractivity contribution is 6.31. The minimum Gasteiger partial charge on any atom is -0.395 e. The maximum absolute atomic E-state index is 12.6. The summed E-state index contributed by atoms with van der Waals surface area (Å²) < 4.78 is 0. The molecule has 128 valence electrons. The van der Waals surface area contributed by atoms with E-state index >= 15 is 0 Å². The van der Waals surface area contributed by atoms with Crippen molar-refractivity contribution in [2.75, 3.05) is 26.7 Å². The van der Waals surface area contributed by atoms with Gasteiger partial charge in [0, 0.05) is 30.6 Å². The molecule has 1 aromatic rings. The highest BCUT2D eigenvalue weighted by atomic mass is 35.5. The largest absolute Gasteiger partial charge is 0.395 e. The molecule has 0 saturated carbocycles. The Kier molecular flexibility index (Phi) is 7.34. The molecule has 1 atom stereocenters. The van der Waals surface area contributed by atoms with Gasteiger partial charge in [-0.1, -0.05) is 36.2 Å². The standard InChI is InChI=1S/C18H27ClN2O2/c1-20-11-5-4-7-16(20)9-10-18(23)21(12-13-22)14-15-6-2-3-8-17(15)19/h2-3,6,8,16,22H,4-5,7,9-14H2,1H3/t16-/m0/s1. The molecule has 5 heteroatoms. The molecule has 0 aromatic heterocycles. The zero-order valence-corrected chi connectivity index (χ0v) is 14.6. The number of carbonyl (C=O) groups is 1. The number of hydrogen-bond donors (Lipinski definition) is 1. The second-order valence-electron chi connectivity index (χ2n) is 6.30. The molecular formula is C18H27ClN2O2. The fourth-order valence-corrected chi connectivity index (χ4v) is 3.40. The van der Waals surface area contributed by atoms with Gasteiger partial charge in [-0.15, -0.1) is 0 Å². The number of hydrogen-bond acceptors (Lipinski definition) is 3. The molecule has 1 aliphatic rings. The van der Waals surface area contributed by atoms with Crippen LogP contribution in [0.15, 0.2) is 24.3 Å². The summed E-state index contributed by atoms with van der Waals surface area (Å²) in [6.07, 6.45) is 5.10. The number of rotatable bonds is 7. The highest BCUT2D eigenvalue weighted by Crippen LogP contribution is 2.21. The summed E-state index contributed by atoms with van der Waals surface area (Å²) in [6.45, 7) is 1.91. The van der Waals surface area contributed by atoms with Crippen molar-refractivity contribution in [2.24, 2.45) is 0 Å². The van der Waals surface area contributed by atoms with Gasteiger partial charge in [-0.2, -0.15) is 0 Å². The number of aliphatic hydroxyl groups is 1. The molecule has 4 nitrogen and oxygen atoms in total. The monoisotopic (exact) mass is 338 g/mol. The number of carbonyl (C=O) groups excluding carboxylic acids is 1. The van der Waals surface area contributed by atoms with Gasteiger partial charge in [0.15, 0.2) is 0 Å². The molecule has 0 unspecified atom stereocenters. The SMILES string of the molecule is CN1CCCC[C@H]1CCC(=O)N(CCO)Cc1ccccc1Cl. The van der Waals surface area contributed by atoms with Gasteiger partial charge in [0.05, 0.1) is 6.61 Å². The van der Waals surface area contributed by atoms with Crippen molar-refractivity contribution >= 4 is 17.5 Å². The second kappa shape index (κ2) is 9.26. The van der Waals surface area contributed by atoms with Gasteiger partial charge >= 0.3 is 0 Å². The maximum Gasteiger partial charge on any atom is 0.223 e. The van der Waals surface area contributed by atoms with Crippen LogP contribution in [0, 0.1) is 0 Å². The van der Waals surface area contributed by atoms with E-state index in [1.54, 1.807) is 4.90 Å². The molecule has 1 N–H and O–H groups in total. The van der Waals surface area contributed by atoms with Crippen molar-refractivity contribution in [3.63, 3.8) is 0 Å². The third-order valence-electron chi connectivity index (χ3n) is 4.65. The molecule has 1 aliphatic heterocycles. The van der Waals surface area contributed by atoms with E-state index in [4.69, 9.17) is 11.6 Å². The topological polar surface area (TPSA) is 43.8 Å². The minimum absolute atomic E-state index is 0.0283. The predicted octanol–water partition coefficient (Wildman–Crippen LogP) is 2.93. The van der Waals surface area contributed by atoms with Crippen LogP contribution in [0.3, 0.4) is 0 Å². The lowest BCUT2D eigenvalue weighted by Crippen LogP contribution is -2.38. The average molecular weight is 339 g/mol. The molecule has 1 aromatic carbocycles. The molecular weight excluding hydrogens is 312 g/mol. The summed E-state index contributed by atoms with van der Waals surface area (Å²) in [5.74, 6) is 0.0953. The van der Waals surface area contributed by atoms with Crippen molar-refractivity contribution < 1.29 is 9.90 Å². The number of piperidine rings is 1. The van der Waals surface area contributed by atoms with Crippen molar-refractivity contribution in [1.29, 1.82) is 0 Å². The lowest BCUT2D eigenvalue weighted by Gasteiger charge is -2.33. The zero-order chi connectivity index (χ0) is 16.7. The van der Waals surface area contributed by atoms with Gasteiger partial charge in [0.2, 0.25) is 5.91 Å². The molecule has 2 rings (SSSR count). The first-order valence-electron chi connectivity index (χ1n) is 8.44. The fraction of sp³-hybridized carbons (Fsp3) is 0.611. The van der Waals surface area contributed by atoms with Crippen molar-refractivity contribution in [2.45, 2.75) is 44.7 Å². The van der Waals surface area contributed by atoms with E-state index in [0.717, 1.165) is 18.5 Å². The quantitative estimate of drug-likeness (QED) is 0.831. The summed E-state index contributed by atoms with van der Waals surface area (Å²) in [6, 6.07) is 8.05. The Morgan fingerprint density at radius 3 is 2.87 bits per heavy atom. The third kappa shape index (κ3) is 5.48. The van der Waals surface area contributed by atoms with E-state index in [0.29, 0.717) is 30.6 Å². The Bertz CT molecular complexity index is 510. The molecule has 0 bridgehead atoms. The summed E-state index contributed by atoms with van der Waals surface area (Å²) >= 11 is 6.18. The van der Waals surface area contributed by atoms with Crippen LogP contribution >= 0.6 is 11.6 Å². The van der Waals surface area contributed by atoms with E-state index in [9.17, 15) is 9.90 Å². The molecule has 0 spiro atoms. The van der Waals surface area contributed by atoms with Crippen LogP contribution in [0.2, 0.25) is 5.02 Å². The molecule has 1 fully saturated rings.